The number of ether oxygens (including phenoxy) is 2. The number of hydrogen-bond acceptors (Lipinski definition) is 6. The molecule has 0 fully saturated rings. The first-order valence-electron chi connectivity index (χ1n) is 11.6. The molecule has 1 aliphatic rings. The van der Waals surface area contributed by atoms with Crippen molar-refractivity contribution in [1.29, 1.82) is 0 Å². The molecule has 35 heavy (non-hydrogen) atoms. The maximum atomic E-state index is 13.5. The molecule has 0 spiro atoms. The zero-order chi connectivity index (χ0) is 25.6. The molecular formula is C25H33N3O6S. The van der Waals surface area contributed by atoms with Gasteiger partial charge in [-0.2, -0.15) is 0 Å². The van der Waals surface area contributed by atoms with E-state index in [1.807, 2.05) is 44.2 Å². The fourth-order valence-electron chi connectivity index (χ4n) is 3.78. The van der Waals surface area contributed by atoms with E-state index < -0.39 is 28.5 Å². The smallest absolute Gasteiger partial charge is 0.244 e. The molecule has 9 nitrogen and oxygen atoms in total. The number of anilines is 1. The van der Waals surface area contributed by atoms with E-state index in [9.17, 15) is 18.0 Å². The fraction of sp³-hybridized carbons (Fsp3) is 0.440. The zero-order valence-electron chi connectivity index (χ0n) is 20.6. The summed E-state index contributed by atoms with van der Waals surface area (Å²) in [5.74, 6) is 0.156. The number of carbonyl (C=O) groups is 2. The van der Waals surface area contributed by atoms with E-state index >= 15 is 0 Å². The van der Waals surface area contributed by atoms with Gasteiger partial charge in [-0.3, -0.25) is 13.9 Å². The standard InChI is InChI=1S/C25H33N3O6S/c1-18(2)26-25(30)19(3)27(13-12-20-8-6-5-7-9-20)24(29)17-28(35(4,31)32)21-10-11-22-23(16-21)34-15-14-33-22/h5-11,16,18-19H,12-15,17H2,1-4H3,(H,26,30). The van der Waals surface area contributed by atoms with Gasteiger partial charge in [0.15, 0.2) is 11.5 Å². The Morgan fingerprint density at radius 1 is 1.00 bits per heavy atom. The Labute approximate surface area is 207 Å². The quantitative estimate of drug-likeness (QED) is 0.533. The highest BCUT2D eigenvalue weighted by atomic mass is 32.2. The third-order valence-corrected chi connectivity index (χ3v) is 6.72. The Morgan fingerprint density at radius 2 is 1.66 bits per heavy atom. The summed E-state index contributed by atoms with van der Waals surface area (Å²) in [5, 5.41) is 2.83. The first kappa shape index (κ1) is 26.3. The average Bonchev–Trinajstić information content (AvgIpc) is 2.81. The van der Waals surface area contributed by atoms with E-state index in [2.05, 4.69) is 5.32 Å². The van der Waals surface area contributed by atoms with Gasteiger partial charge in [0, 0.05) is 18.7 Å². The molecule has 0 saturated heterocycles. The second kappa shape index (κ2) is 11.4. The van der Waals surface area contributed by atoms with Crippen LogP contribution in [0.4, 0.5) is 5.69 Å². The molecule has 1 aliphatic heterocycles. The lowest BCUT2D eigenvalue weighted by Crippen LogP contribution is -2.53. The summed E-state index contributed by atoms with van der Waals surface area (Å²) in [6.07, 6.45) is 1.56. The third-order valence-electron chi connectivity index (χ3n) is 5.58. The highest BCUT2D eigenvalue weighted by Crippen LogP contribution is 2.34. The Balaban J connectivity index is 1.86. The van der Waals surface area contributed by atoms with E-state index in [4.69, 9.17) is 9.47 Å². The molecule has 3 rings (SSSR count). The molecule has 2 amide bonds. The molecule has 10 heteroatoms. The fourth-order valence-corrected chi connectivity index (χ4v) is 4.62. The van der Waals surface area contributed by atoms with Gasteiger partial charge < -0.3 is 19.7 Å². The van der Waals surface area contributed by atoms with Crippen LogP contribution < -0.4 is 19.1 Å². The predicted molar refractivity (Wildman–Crippen MR) is 134 cm³/mol. The number of nitrogens with zero attached hydrogens (tertiary/aromatic N) is 2. The van der Waals surface area contributed by atoms with Crippen LogP contribution in [0.3, 0.4) is 0 Å². The van der Waals surface area contributed by atoms with Crippen molar-refractivity contribution < 1.29 is 27.5 Å². The lowest BCUT2D eigenvalue weighted by atomic mass is 10.1. The van der Waals surface area contributed by atoms with Crippen LogP contribution in [0.25, 0.3) is 0 Å². The summed E-state index contributed by atoms with van der Waals surface area (Å²) in [7, 11) is -3.82. The third kappa shape index (κ3) is 7.11. The minimum atomic E-state index is -3.82. The molecule has 190 valence electrons. The van der Waals surface area contributed by atoms with Crippen LogP contribution in [0, 0.1) is 0 Å². The van der Waals surface area contributed by atoms with E-state index in [0.717, 1.165) is 16.1 Å². The van der Waals surface area contributed by atoms with Crippen molar-refractivity contribution in [3.05, 3.63) is 54.1 Å². The number of nitrogens with one attached hydrogen (secondary N) is 1. The van der Waals surface area contributed by atoms with Crippen LogP contribution in [-0.4, -0.2) is 69.8 Å². The summed E-state index contributed by atoms with van der Waals surface area (Å²) in [5.41, 5.74) is 1.29. The molecule has 1 unspecified atom stereocenters. The van der Waals surface area contributed by atoms with Crippen LogP contribution in [-0.2, 0) is 26.0 Å². The van der Waals surface area contributed by atoms with Gasteiger partial charge in [0.05, 0.1) is 11.9 Å². The minimum Gasteiger partial charge on any atom is -0.486 e. The number of fused-ring (bicyclic) bond motifs is 1. The van der Waals surface area contributed by atoms with E-state index in [1.165, 1.54) is 4.90 Å². The molecule has 2 aromatic carbocycles. The molecule has 2 aromatic rings. The van der Waals surface area contributed by atoms with Gasteiger partial charge in [0.1, 0.15) is 25.8 Å². The largest absolute Gasteiger partial charge is 0.486 e. The van der Waals surface area contributed by atoms with Crippen LogP contribution >= 0.6 is 0 Å². The maximum Gasteiger partial charge on any atom is 0.244 e. The predicted octanol–water partition coefficient (Wildman–Crippen LogP) is 2.21. The molecule has 1 heterocycles. The Morgan fingerprint density at radius 3 is 2.29 bits per heavy atom. The van der Waals surface area contributed by atoms with E-state index in [0.29, 0.717) is 31.1 Å². The molecule has 0 aliphatic carbocycles. The second-order valence-corrected chi connectivity index (χ2v) is 10.7. The monoisotopic (exact) mass is 503 g/mol. The highest BCUT2D eigenvalue weighted by molar-refractivity contribution is 7.92. The van der Waals surface area contributed by atoms with Crippen LogP contribution in [0.15, 0.2) is 48.5 Å². The van der Waals surface area contributed by atoms with Gasteiger partial charge in [-0.05, 0) is 44.9 Å². The zero-order valence-corrected chi connectivity index (χ0v) is 21.4. The lowest BCUT2D eigenvalue weighted by Gasteiger charge is -2.32. The molecule has 0 saturated carbocycles. The van der Waals surface area contributed by atoms with Crippen LogP contribution in [0.5, 0.6) is 11.5 Å². The summed E-state index contributed by atoms with van der Waals surface area (Å²) in [4.78, 5) is 27.7. The summed E-state index contributed by atoms with van der Waals surface area (Å²) < 4.78 is 37.5. The number of hydrogen-bond donors (Lipinski definition) is 1. The van der Waals surface area contributed by atoms with Crippen LogP contribution in [0.1, 0.15) is 26.3 Å². The normalized spacial score (nSPS) is 13.7. The summed E-state index contributed by atoms with van der Waals surface area (Å²) in [6, 6.07) is 13.5. The van der Waals surface area contributed by atoms with Gasteiger partial charge in [0.25, 0.3) is 0 Å². The number of carbonyl (C=O) groups excluding carboxylic acids is 2. The van der Waals surface area contributed by atoms with E-state index in [-0.39, 0.29) is 24.2 Å². The molecule has 1 atom stereocenters. The van der Waals surface area contributed by atoms with Crippen LogP contribution in [0.2, 0.25) is 0 Å². The summed E-state index contributed by atoms with van der Waals surface area (Å²) >= 11 is 0. The first-order valence-corrected chi connectivity index (χ1v) is 13.4. The molecule has 0 aromatic heterocycles. The van der Waals surface area contributed by atoms with Gasteiger partial charge >= 0.3 is 0 Å². The van der Waals surface area contributed by atoms with Gasteiger partial charge in [-0.25, -0.2) is 8.42 Å². The number of amides is 2. The van der Waals surface area contributed by atoms with Crippen molar-refractivity contribution in [1.82, 2.24) is 10.2 Å². The summed E-state index contributed by atoms with van der Waals surface area (Å²) in [6.45, 7) is 5.90. The second-order valence-electron chi connectivity index (χ2n) is 8.76. The van der Waals surface area contributed by atoms with Crippen molar-refractivity contribution >= 4 is 27.5 Å². The van der Waals surface area contributed by atoms with Crippen molar-refractivity contribution in [2.24, 2.45) is 0 Å². The highest BCUT2D eigenvalue weighted by Gasteiger charge is 2.30. The Hall–Kier alpha value is -3.27. The molecule has 1 N–H and O–H groups in total. The number of sulfonamides is 1. The van der Waals surface area contributed by atoms with E-state index in [1.54, 1.807) is 25.1 Å². The molecule has 0 radical (unpaired) electrons. The van der Waals surface area contributed by atoms with Crippen molar-refractivity contribution in [2.45, 2.75) is 39.3 Å². The Kier molecular flexibility index (Phi) is 8.61. The average molecular weight is 504 g/mol. The minimum absolute atomic E-state index is 0.0961. The molecule has 0 bridgehead atoms. The van der Waals surface area contributed by atoms with Crippen molar-refractivity contribution in [3.8, 4) is 11.5 Å². The topological polar surface area (TPSA) is 105 Å². The first-order chi connectivity index (χ1) is 16.6. The Bertz CT molecular complexity index is 1140. The number of rotatable bonds is 10. The van der Waals surface area contributed by atoms with Crippen molar-refractivity contribution in [3.63, 3.8) is 0 Å². The van der Waals surface area contributed by atoms with Crippen molar-refractivity contribution in [2.75, 3.05) is 36.9 Å². The van der Waals surface area contributed by atoms with Gasteiger partial charge in [-0.1, -0.05) is 30.3 Å². The lowest BCUT2D eigenvalue weighted by molar-refractivity contribution is -0.139. The van der Waals surface area contributed by atoms with Gasteiger partial charge in [0.2, 0.25) is 21.8 Å². The number of benzene rings is 2. The maximum absolute atomic E-state index is 13.5. The van der Waals surface area contributed by atoms with Gasteiger partial charge in [-0.15, -0.1) is 0 Å². The molecular weight excluding hydrogens is 470 g/mol. The SMILES string of the molecule is CC(C)NC(=O)C(C)N(CCc1ccccc1)C(=O)CN(c1ccc2c(c1)OCCO2)S(C)(=O)=O.